The normalized spacial score (nSPS) is 21.4. The van der Waals surface area contributed by atoms with E-state index in [4.69, 9.17) is 14.2 Å². The summed E-state index contributed by atoms with van der Waals surface area (Å²) in [5.74, 6) is -0.516. The summed E-state index contributed by atoms with van der Waals surface area (Å²) in [6, 6.07) is 4.53. The number of benzene rings is 1. The maximum absolute atomic E-state index is 12.1. The number of amides is 1. The zero-order chi connectivity index (χ0) is 18.7. The number of nitrogens with one attached hydrogen (secondary N) is 1. The van der Waals surface area contributed by atoms with Crippen molar-refractivity contribution in [3.05, 3.63) is 23.8 Å². The Morgan fingerprint density at radius 3 is 2.24 bits per heavy atom. The summed E-state index contributed by atoms with van der Waals surface area (Å²) in [6.45, 7) is 1.15. The molecule has 2 rings (SSSR count). The fourth-order valence-electron chi connectivity index (χ4n) is 2.62. The van der Waals surface area contributed by atoms with Crippen LogP contribution in [0.25, 0.3) is 0 Å². The fourth-order valence-corrected chi connectivity index (χ4v) is 4.71. The highest BCUT2D eigenvalue weighted by Gasteiger charge is 2.39. The first kappa shape index (κ1) is 19.0. The quantitative estimate of drug-likeness (QED) is 0.728. The van der Waals surface area contributed by atoms with E-state index in [0.29, 0.717) is 17.9 Å². The molecule has 1 aromatic rings. The Kier molecular flexibility index (Phi) is 5.56. The van der Waals surface area contributed by atoms with Crippen molar-refractivity contribution in [2.45, 2.75) is 18.9 Å². The van der Waals surface area contributed by atoms with Crippen molar-refractivity contribution in [2.75, 3.05) is 32.3 Å². The number of carbonyl (C=O) groups excluding carboxylic acids is 2. The molecule has 1 fully saturated rings. The highest BCUT2D eigenvalue weighted by Crippen LogP contribution is 2.24. The summed E-state index contributed by atoms with van der Waals surface area (Å²) in [4.78, 5) is 24.1. The minimum atomic E-state index is -3.14. The van der Waals surface area contributed by atoms with E-state index in [1.165, 1.54) is 26.4 Å². The third-order valence-corrected chi connectivity index (χ3v) is 5.77. The van der Waals surface area contributed by atoms with Crippen molar-refractivity contribution in [3.8, 4) is 11.5 Å². The van der Waals surface area contributed by atoms with E-state index >= 15 is 0 Å². The average Bonchev–Trinajstić information content (AvgIpc) is 2.84. The molecular weight excluding hydrogens is 350 g/mol. The summed E-state index contributed by atoms with van der Waals surface area (Å²) in [5.41, 5.74) is -0.653. The summed E-state index contributed by atoms with van der Waals surface area (Å²) >= 11 is 0. The molecule has 1 saturated heterocycles. The lowest BCUT2D eigenvalue weighted by atomic mass is 10.0. The van der Waals surface area contributed by atoms with Gasteiger partial charge in [0, 0.05) is 6.07 Å². The van der Waals surface area contributed by atoms with Crippen molar-refractivity contribution < 1.29 is 32.2 Å². The molecule has 1 heterocycles. The summed E-state index contributed by atoms with van der Waals surface area (Å²) in [5, 5.41) is 2.62. The Balaban J connectivity index is 1.95. The van der Waals surface area contributed by atoms with Crippen molar-refractivity contribution in [1.29, 1.82) is 0 Å². The Labute approximate surface area is 146 Å². The third-order valence-electron chi connectivity index (χ3n) is 3.87. The maximum atomic E-state index is 12.1. The van der Waals surface area contributed by atoms with Gasteiger partial charge >= 0.3 is 5.97 Å². The molecule has 8 nitrogen and oxygen atoms in total. The first-order valence-corrected chi connectivity index (χ1v) is 9.40. The van der Waals surface area contributed by atoms with Crippen LogP contribution in [0.4, 0.5) is 0 Å². The van der Waals surface area contributed by atoms with Crippen LogP contribution in [0, 0.1) is 0 Å². The molecule has 0 aliphatic carbocycles. The number of methoxy groups -OCH3 is 2. The van der Waals surface area contributed by atoms with Crippen LogP contribution >= 0.6 is 0 Å². The van der Waals surface area contributed by atoms with Crippen LogP contribution in [-0.2, 0) is 19.4 Å². The van der Waals surface area contributed by atoms with Gasteiger partial charge in [-0.25, -0.2) is 13.2 Å². The molecule has 1 aromatic carbocycles. The van der Waals surface area contributed by atoms with Gasteiger partial charge in [-0.2, -0.15) is 0 Å². The predicted octanol–water partition coefficient (Wildman–Crippen LogP) is 0.554. The minimum Gasteiger partial charge on any atom is -0.497 e. The van der Waals surface area contributed by atoms with Crippen LogP contribution in [0.3, 0.4) is 0 Å². The molecule has 0 aromatic heterocycles. The highest BCUT2D eigenvalue weighted by molar-refractivity contribution is 7.91. The van der Waals surface area contributed by atoms with E-state index in [1.54, 1.807) is 13.0 Å². The molecule has 25 heavy (non-hydrogen) atoms. The number of rotatable bonds is 6. The number of hydrogen-bond acceptors (Lipinski definition) is 7. The monoisotopic (exact) mass is 371 g/mol. The molecule has 9 heteroatoms. The van der Waals surface area contributed by atoms with Crippen molar-refractivity contribution in [1.82, 2.24) is 5.32 Å². The first-order chi connectivity index (χ1) is 11.7. The lowest BCUT2D eigenvalue weighted by Gasteiger charge is -2.23. The number of ether oxygens (including phenoxy) is 3. The third kappa shape index (κ3) is 5.09. The number of esters is 1. The van der Waals surface area contributed by atoms with Crippen LogP contribution < -0.4 is 14.8 Å². The Morgan fingerprint density at radius 1 is 1.16 bits per heavy atom. The molecular formula is C16H21NO7S. The fraction of sp³-hybridized carbons (Fsp3) is 0.500. The summed E-state index contributed by atoms with van der Waals surface area (Å²) in [6.07, 6.45) is 0.335. The van der Waals surface area contributed by atoms with E-state index in [0.717, 1.165) is 0 Å². The van der Waals surface area contributed by atoms with Gasteiger partial charge in [-0.05, 0) is 25.5 Å². The van der Waals surface area contributed by atoms with Crippen LogP contribution in [0.1, 0.15) is 23.7 Å². The summed E-state index contributed by atoms with van der Waals surface area (Å²) < 4.78 is 38.2. The molecule has 1 unspecified atom stereocenters. The number of carbonyl (C=O) groups is 2. The van der Waals surface area contributed by atoms with Crippen molar-refractivity contribution in [2.24, 2.45) is 0 Å². The zero-order valence-electron chi connectivity index (χ0n) is 14.3. The second-order valence-corrected chi connectivity index (χ2v) is 8.31. The molecule has 138 valence electrons. The van der Waals surface area contributed by atoms with Gasteiger partial charge in [0.1, 0.15) is 11.5 Å². The van der Waals surface area contributed by atoms with Crippen LogP contribution in [0.15, 0.2) is 18.2 Å². The SMILES string of the molecule is COc1cc(OC)cc(C(=O)OCC(=O)NC2(C)CCS(=O)(=O)C2)c1. The van der Waals surface area contributed by atoms with Gasteiger partial charge in [0.2, 0.25) is 0 Å². The van der Waals surface area contributed by atoms with Crippen molar-refractivity contribution >= 4 is 21.7 Å². The molecule has 1 N–H and O–H groups in total. The molecule has 0 saturated carbocycles. The molecule has 1 amide bonds. The molecule has 1 aliphatic heterocycles. The van der Waals surface area contributed by atoms with Gasteiger partial charge < -0.3 is 19.5 Å². The molecule has 1 atom stereocenters. The van der Waals surface area contributed by atoms with Gasteiger partial charge in [-0.3, -0.25) is 4.79 Å². The second-order valence-electron chi connectivity index (χ2n) is 6.13. The lowest BCUT2D eigenvalue weighted by Crippen LogP contribution is -2.48. The van der Waals surface area contributed by atoms with Gasteiger partial charge in [0.05, 0.1) is 36.8 Å². The maximum Gasteiger partial charge on any atom is 0.338 e. The van der Waals surface area contributed by atoms with Gasteiger partial charge in [0.15, 0.2) is 16.4 Å². The average molecular weight is 371 g/mol. The predicted molar refractivity (Wildman–Crippen MR) is 89.6 cm³/mol. The Hall–Kier alpha value is -2.29. The zero-order valence-corrected chi connectivity index (χ0v) is 15.1. The van der Waals surface area contributed by atoms with Crippen molar-refractivity contribution in [3.63, 3.8) is 0 Å². The van der Waals surface area contributed by atoms with E-state index < -0.39 is 33.9 Å². The Morgan fingerprint density at radius 2 is 1.76 bits per heavy atom. The topological polar surface area (TPSA) is 108 Å². The number of sulfone groups is 1. The van der Waals surface area contributed by atoms with E-state index in [1.807, 2.05) is 0 Å². The lowest BCUT2D eigenvalue weighted by molar-refractivity contribution is -0.125. The summed E-state index contributed by atoms with van der Waals surface area (Å²) in [7, 11) is -0.235. The molecule has 0 radical (unpaired) electrons. The number of hydrogen-bond donors (Lipinski definition) is 1. The van der Waals surface area contributed by atoms with Crippen LogP contribution in [0.2, 0.25) is 0 Å². The van der Waals surface area contributed by atoms with Crippen LogP contribution in [0.5, 0.6) is 11.5 Å². The van der Waals surface area contributed by atoms with E-state index in [2.05, 4.69) is 5.32 Å². The minimum absolute atomic E-state index is 0.0349. The van der Waals surface area contributed by atoms with Gasteiger partial charge in [0.25, 0.3) is 5.91 Å². The van der Waals surface area contributed by atoms with E-state index in [-0.39, 0.29) is 17.1 Å². The highest BCUT2D eigenvalue weighted by atomic mass is 32.2. The molecule has 1 aliphatic rings. The smallest absolute Gasteiger partial charge is 0.338 e. The largest absolute Gasteiger partial charge is 0.497 e. The molecule has 0 bridgehead atoms. The second kappa shape index (κ2) is 7.30. The Bertz CT molecular complexity index is 752. The molecule has 0 spiro atoms. The standard InChI is InChI=1S/C16H21NO7S/c1-16(4-5-25(20,21)10-16)17-14(18)9-24-15(19)11-6-12(22-2)8-13(7-11)23-3/h6-8H,4-5,9-10H2,1-3H3,(H,17,18). The van der Waals surface area contributed by atoms with Crippen LogP contribution in [-0.4, -0.2) is 58.2 Å². The van der Waals surface area contributed by atoms with Gasteiger partial charge in [-0.15, -0.1) is 0 Å². The van der Waals surface area contributed by atoms with E-state index in [9.17, 15) is 18.0 Å². The first-order valence-electron chi connectivity index (χ1n) is 7.58. The van der Waals surface area contributed by atoms with Gasteiger partial charge in [-0.1, -0.05) is 0 Å².